The summed E-state index contributed by atoms with van der Waals surface area (Å²) in [4.78, 5) is 0. The van der Waals surface area contributed by atoms with Gasteiger partial charge in [0.15, 0.2) is 0 Å². The first-order chi connectivity index (χ1) is 3.27. The van der Waals surface area contributed by atoms with Crippen LogP contribution in [0.4, 0.5) is 0 Å². The Morgan fingerprint density at radius 3 is 2.43 bits per heavy atom. The molecule has 1 unspecified atom stereocenters. The molecule has 0 bridgehead atoms. The maximum atomic E-state index is 8.52. The van der Waals surface area contributed by atoms with E-state index in [1.165, 1.54) is 6.26 Å². The molecule has 1 atom stereocenters. The minimum atomic E-state index is -0.403. The Labute approximate surface area is 43.4 Å². The molecule has 0 aliphatic heterocycles. The molecule has 7 heavy (non-hydrogen) atoms. The van der Waals surface area contributed by atoms with Crippen LogP contribution < -0.4 is 0 Å². The summed E-state index contributed by atoms with van der Waals surface area (Å²) in [6.45, 7) is 1.66. The van der Waals surface area contributed by atoms with Gasteiger partial charge in [0.1, 0.15) is 0 Å². The van der Waals surface area contributed by atoms with Crippen LogP contribution in [0.2, 0.25) is 0 Å². The molecule has 0 spiro atoms. The van der Waals surface area contributed by atoms with Gasteiger partial charge in [-0.2, -0.15) is 0 Å². The summed E-state index contributed by atoms with van der Waals surface area (Å²) in [6.07, 6.45) is 2.60. The molecular formula is C5H10O2. The van der Waals surface area contributed by atoms with Gasteiger partial charge in [-0.1, -0.05) is 0 Å². The van der Waals surface area contributed by atoms with Crippen LogP contribution >= 0.6 is 0 Å². The Hall–Kier alpha value is -0.500. The van der Waals surface area contributed by atoms with E-state index in [1.54, 1.807) is 20.1 Å². The Bertz CT molecular complexity index is 57.1. The first kappa shape index (κ1) is 6.50. The van der Waals surface area contributed by atoms with Crippen molar-refractivity contribution < 1.29 is 9.84 Å². The maximum Gasteiger partial charge on any atom is 0.0810 e. The van der Waals surface area contributed by atoms with Crippen molar-refractivity contribution in [3.63, 3.8) is 0 Å². The van der Waals surface area contributed by atoms with Crippen molar-refractivity contribution in [3.8, 4) is 0 Å². The first-order valence-corrected chi connectivity index (χ1v) is 2.15. The standard InChI is InChI=1S/C5H10O2/c1-5(6)3-4-7-2/h3-6H,1-2H3. The Morgan fingerprint density at radius 1 is 1.71 bits per heavy atom. The predicted octanol–water partition coefficient (Wildman–Crippen LogP) is 0.527. The molecule has 0 saturated carbocycles. The number of aliphatic hydroxyl groups is 1. The van der Waals surface area contributed by atoms with Crippen LogP contribution in [0.5, 0.6) is 0 Å². The molecule has 0 radical (unpaired) electrons. The zero-order valence-corrected chi connectivity index (χ0v) is 4.59. The van der Waals surface area contributed by atoms with Crippen molar-refractivity contribution >= 4 is 0 Å². The van der Waals surface area contributed by atoms with Crippen LogP contribution in [-0.4, -0.2) is 18.3 Å². The summed E-state index contributed by atoms with van der Waals surface area (Å²) < 4.78 is 4.51. The van der Waals surface area contributed by atoms with Gasteiger partial charge in [0, 0.05) is 0 Å². The fourth-order valence-corrected chi connectivity index (χ4v) is 0.192. The van der Waals surface area contributed by atoms with Gasteiger partial charge in [-0.25, -0.2) is 0 Å². The molecule has 0 fully saturated rings. The molecular weight excluding hydrogens is 92.1 g/mol. The molecule has 0 aromatic rings. The van der Waals surface area contributed by atoms with Gasteiger partial charge in [0.25, 0.3) is 0 Å². The molecule has 0 heterocycles. The summed E-state index contributed by atoms with van der Waals surface area (Å²) in [6, 6.07) is 0. The molecule has 42 valence electrons. The topological polar surface area (TPSA) is 29.5 Å². The molecule has 0 aliphatic carbocycles. The second-order valence-corrected chi connectivity index (χ2v) is 1.30. The van der Waals surface area contributed by atoms with Gasteiger partial charge < -0.3 is 9.84 Å². The van der Waals surface area contributed by atoms with Gasteiger partial charge in [0.05, 0.1) is 19.5 Å². The fraction of sp³-hybridized carbons (Fsp3) is 0.600. The molecule has 0 amide bonds. The summed E-state index contributed by atoms with van der Waals surface area (Å²) in [7, 11) is 1.54. The molecule has 0 rings (SSSR count). The van der Waals surface area contributed by atoms with E-state index < -0.39 is 6.10 Å². The lowest BCUT2D eigenvalue weighted by molar-refractivity contribution is 0.236. The van der Waals surface area contributed by atoms with E-state index in [0.29, 0.717) is 0 Å². The van der Waals surface area contributed by atoms with Gasteiger partial charge in [-0.3, -0.25) is 0 Å². The summed E-state index contributed by atoms with van der Waals surface area (Å²) >= 11 is 0. The maximum absolute atomic E-state index is 8.52. The van der Waals surface area contributed by atoms with Crippen molar-refractivity contribution in [1.29, 1.82) is 0 Å². The van der Waals surface area contributed by atoms with Gasteiger partial charge >= 0.3 is 0 Å². The third kappa shape index (κ3) is 5.50. The van der Waals surface area contributed by atoms with Crippen LogP contribution in [0.1, 0.15) is 6.92 Å². The number of hydrogen-bond acceptors (Lipinski definition) is 2. The van der Waals surface area contributed by atoms with E-state index in [2.05, 4.69) is 4.74 Å². The van der Waals surface area contributed by atoms with Crippen molar-refractivity contribution in [2.24, 2.45) is 0 Å². The van der Waals surface area contributed by atoms with Crippen LogP contribution in [0.3, 0.4) is 0 Å². The van der Waals surface area contributed by atoms with Gasteiger partial charge in [-0.15, -0.1) is 0 Å². The van der Waals surface area contributed by atoms with E-state index in [0.717, 1.165) is 0 Å². The molecule has 2 heteroatoms. The SMILES string of the molecule is COC=CC(C)O. The number of hydrogen-bond donors (Lipinski definition) is 1. The first-order valence-electron chi connectivity index (χ1n) is 2.15. The molecule has 0 aromatic carbocycles. The molecule has 0 aliphatic rings. The minimum absolute atomic E-state index is 0.403. The quantitative estimate of drug-likeness (QED) is 0.515. The number of aliphatic hydroxyl groups excluding tert-OH is 1. The average molecular weight is 102 g/mol. The second kappa shape index (κ2) is 3.68. The van der Waals surface area contributed by atoms with E-state index in [9.17, 15) is 0 Å². The van der Waals surface area contributed by atoms with Crippen LogP contribution in [0.15, 0.2) is 12.3 Å². The smallest absolute Gasteiger partial charge is 0.0810 e. The minimum Gasteiger partial charge on any atom is -0.505 e. The zero-order chi connectivity index (χ0) is 5.70. The van der Waals surface area contributed by atoms with E-state index in [1.807, 2.05) is 0 Å². The van der Waals surface area contributed by atoms with E-state index in [-0.39, 0.29) is 0 Å². The molecule has 0 aromatic heterocycles. The summed E-state index contributed by atoms with van der Waals surface area (Å²) in [5.74, 6) is 0. The Balaban J connectivity index is 3.08. The normalized spacial score (nSPS) is 14.7. The highest BCUT2D eigenvalue weighted by Gasteiger charge is 1.80. The number of ether oxygens (including phenoxy) is 1. The lowest BCUT2D eigenvalue weighted by Gasteiger charge is -1.90. The van der Waals surface area contributed by atoms with Crippen LogP contribution in [0.25, 0.3) is 0 Å². The largest absolute Gasteiger partial charge is 0.505 e. The Morgan fingerprint density at radius 2 is 2.29 bits per heavy atom. The van der Waals surface area contributed by atoms with E-state index >= 15 is 0 Å². The highest BCUT2D eigenvalue weighted by molar-refractivity contribution is 4.78. The fourth-order valence-electron chi connectivity index (χ4n) is 0.192. The second-order valence-electron chi connectivity index (χ2n) is 1.30. The highest BCUT2D eigenvalue weighted by atomic mass is 16.5. The summed E-state index contributed by atoms with van der Waals surface area (Å²) in [5.41, 5.74) is 0. The zero-order valence-electron chi connectivity index (χ0n) is 4.59. The van der Waals surface area contributed by atoms with Crippen molar-refractivity contribution in [3.05, 3.63) is 12.3 Å². The average Bonchev–Trinajstić information content (AvgIpc) is 1.61. The highest BCUT2D eigenvalue weighted by Crippen LogP contribution is 1.80. The monoisotopic (exact) mass is 102 g/mol. The third-order valence-electron chi connectivity index (χ3n) is 0.493. The molecule has 0 saturated heterocycles. The molecule has 2 nitrogen and oxygen atoms in total. The van der Waals surface area contributed by atoms with Crippen molar-refractivity contribution in [2.75, 3.05) is 7.11 Å². The molecule has 1 N–H and O–H groups in total. The summed E-state index contributed by atoms with van der Waals surface area (Å²) in [5, 5.41) is 8.52. The van der Waals surface area contributed by atoms with E-state index in [4.69, 9.17) is 5.11 Å². The number of rotatable bonds is 2. The lowest BCUT2D eigenvalue weighted by Crippen LogP contribution is -1.91. The third-order valence-corrected chi connectivity index (χ3v) is 0.493. The van der Waals surface area contributed by atoms with Crippen LogP contribution in [-0.2, 0) is 4.74 Å². The lowest BCUT2D eigenvalue weighted by atomic mass is 10.4. The predicted molar refractivity (Wildman–Crippen MR) is 27.8 cm³/mol. The van der Waals surface area contributed by atoms with Gasteiger partial charge in [0.2, 0.25) is 0 Å². The number of methoxy groups -OCH3 is 1. The van der Waals surface area contributed by atoms with Crippen molar-refractivity contribution in [1.82, 2.24) is 0 Å². The van der Waals surface area contributed by atoms with Gasteiger partial charge in [-0.05, 0) is 13.0 Å². The Kier molecular flexibility index (Phi) is 3.42. The van der Waals surface area contributed by atoms with Crippen LogP contribution in [0, 0.1) is 0 Å². The van der Waals surface area contributed by atoms with Crippen molar-refractivity contribution in [2.45, 2.75) is 13.0 Å².